The summed E-state index contributed by atoms with van der Waals surface area (Å²) in [6, 6.07) is 6.53. The van der Waals surface area contributed by atoms with Crippen molar-refractivity contribution in [2.45, 2.75) is 13.3 Å². The zero-order valence-corrected chi connectivity index (χ0v) is 11.3. The smallest absolute Gasteiger partial charge is 0.266 e. The maximum atomic E-state index is 12.0. The van der Waals surface area contributed by atoms with Crippen LogP contribution in [-0.4, -0.2) is 11.0 Å². The molecule has 0 aliphatic heterocycles. The summed E-state index contributed by atoms with van der Waals surface area (Å²) in [5.41, 5.74) is 1.60. The van der Waals surface area contributed by atoms with Crippen molar-refractivity contribution in [3.05, 3.63) is 45.1 Å². The van der Waals surface area contributed by atoms with Crippen LogP contribution in [0.4, 0.5) is 5.69 Å². The molecule has 2 aromatic rings. The minimum Gasteiger partial charge on any atom is -0.506 e. The number of aryl methyl sites for hydroxylation is 1. The van der Waals surface area contributed by atoms with Gasteiger partial charge in [0.1, 0.15) is 5.75 Å². The van der Waals surface area contributed by atoms with Gasteiger partial charge < -0.3 is 10.4 Å². The SMILES string of the molecule is CCc1ccsc1C(=O)Nc1ccc(O)c(Cl)c1. The van der Waals surface area contributed by atoms with E-state index in [1.165, 1.54) is 23.5 Å². The molecule has 0 spiro atoms. The predicted octanol–water partition coefficient (Wildman–Crippen LogP) is 3.92. The number of carbonyl (C=O) groups is 1. The summed E-state index contributed by atoms with van der Waals surface area (Å²) in [5.74, 6) is -0.149. The number of hydrogen-bond acceptors (Lipinski definition) is 3. The van der Waals surface area contributed by atoms with Crippen molar-refractivity contribution < 1.29 is 9.90 Å². The third-order valence-corrected chi connectivity index (χ3v) is 3.80. The fourth-order valence-electron chi connectivity index (χ4n) is 1.59. The summed E-state index contributed by atoms with van der Waals surface area (Å²) >= 11 is 7.20. The Morgan fingerprint density at radius 3 is 2.89 bits per heavy atom. The van der Waals surface area contributed by atoms with E-state index in [0.29, 0.717) is 10.6 Å². The number of amides is 1. The molecule has 0 saturated heterocycles. The molecule has 1 heterocycles. The molecule has 18 heavy (non-hydrogen) atoms. The van der Waals surface area contributed by atoms with Crippen molar-refractivity contribution in [1.29, 1.82) is 0 Å². The normalized spacial score (nSPS) is 10.3. The maximum Gasteiger partial charge on any atom is 0.266 e. The van der Waals surface area contributed by atoms with Gasteiger partial charge in [-0.25, -0.2) is 0 Å². The maximum absolute atomic E-state index is 12.0. The van der Waals surface area contributed by atoms with Crippen molar-refractivity contribution in [1.82, 2.24) is 0 Å². The second kappa shape index (κ2) is 5.42. The van der Waals surface area contributed by atoms with E-state index in [0.717, 1.165) is 12.0 Å². The number of halogens is 1. The highest BCUT2D eigenvalue weighted by atomic mass is 35.5. The Balaban J connectivity index is 2.19. The van der Waals surface area contributed by atoms with Crippen molar-refractivity contribution in [2.24, 2.45) is 0 Å². The van der Waals surface area contributed by atoms with Gasteiger partial charge in [-0.3, -0.25) is 4.79 Å². The summed E-state index contributed by atoms with van der Waals surface area (Å²) in [6.45, 7) is 2.01. The molecule has 0 saturated carbocycles. The summed E-state index contributed by atoms with van der Waals surface area (Å²) < 4.78 is 0. The number of thiophene rings is 1. The molecular weight excluding hydrogens is 270 g/mol. The Morgan fingerprint density at radius 1 is 1.44 bits per heavy atom. The van der Waals surface area contributed by atoms with Gasteiger partial charge in [0.2, 0.25) is 0 Å². The number of anilines is 1. The van der Waals surface area contributed by atoms with Gasteiger partial charge >= 0.3 is 0 Å². The van der Waals surface area contributed by atoms with Crippen LogP contribution in [0.3, 0.4) is 0 Å². The number of benzene rings is 1. The third-order valence-electron chi connectivity index (χ3n) is 2.54. The predicted molar refractivity (Wildman–Crippen MR) is 74.8 cm³/mol. The number of nitrogens with one attached hydrogen (secondary N) is 1. The number of rotatable bonds is 3. The van der Waals surface area contributed by atoms with Crippen molar-refractivity contribution in [3.8, 4) is 5.75 Å². The van der Waals surface area contributed by atoms with Crippen LogP contribution in [0.2, 0.25) is 5.02 Å². The molecule has 0 fully saturated rings. The quantitative estimate of drug-likeness (QED) is 0.838. The molecule has 0 unspecified atom stereocenters. The van der Waals surface area contributed by atoms with Gasteiger partial charge in [0, 0.05) is 5.69 Å². The van der Waals surface area contributed by atoms with E-state index >= 15 is 0 Å². The van der Waals surface area contributed by atoms with Crippen LogP contribution in [0, 0.1) is 0 Å². The van der Waals surface area contributed by atoms with E-state index < -0.39 is 0 Å². The molecule has 3 nitrogen and oxygen atoms in total. The van der Waals surface area contributed by atoms with Crippen LogP contribution in [0.5, 0.6) is 5.75 Å². The minimum atomic E-state index is -0.149. The molecule has 1 aromatic heterocycles. The van der Waals surface area contributed by atoms with E-state index in [1.807, 2.05) is 18.4 Å². The lowest BCUT2D eigenvalue weighted by molar-refractivity contribution is 0.103. The van der Waals surface area contributed by atoms with Crippen molar-refractivity contribution in [2.75, 3.05) is 5.32 Å². The zero-order valence-electron chi connectivity index (χ0n) is 9.74. The van der Waals surface area contributed by atoms with Gasteiger partial charge in [-0.05, 0) is 41.6 Å². The van der Waals surface area contributed by atoms with E-state index in [1.54, 1.807) is 6.07 Å². The molecule has 1 amide bonds. The molecule has 0 radical (unpaired) electrons. The summed E-state index contributed by atoms with van der Waals surface area (Å²) in [4.78, 5) is 12.8. The number of phenolic OH excluding ortho intramolecular Hbond substituents is 1. The molecule has 2 rings (SSSR count). The number of carbonyl (C=O) groups excluding carboxylic acids is 1. The first-order valence-electron chi connectivity index (χ1n) is 5.48. The minimum absolute atomic E-state index is 0.0000338. The molecule has 0 aliphatic rings. The number of phenols is 1. The van der Waals surface area contributed by atoms with Gasteiger partial charge in [0.25, 0.3) is 5.91 Å². The molecular formula is C13H12ClNO2S. The van der Waals surface area contributed by atoms with Gasteiger partial charge in [0.05, 0.1) is 9.90 Å². The summed E-state index contributed by atoms with van der Waals surface area (Å²) in [5, 5.41) is 14.2. The highest BCUT2D eigenvalue weighted by Crippen LogP contribution is 2.27. The van der Waals surface area contributed by atoms with E-state index in [-0.39, 0.29) is 16.7 Å². The summed E-state index contributed by atoms with van der Waals surface area (Å²) in [6.07, 6.45) is 0.822. The van der Waals surface area contributed by atoms with Gasteiger partial charge in [0.15, 0.2) is 0 Å². The first-order chi connectivity index (χ1) is 8.61. The highest BCUT2D eigenvalue weighted by molar-refractivity contribution is 7.12. The number of hydrogen-bond donors (Lipinski definition) is 2. The average Bonchev–Trinajstić information content (AvgIpc) is 2.82. The fraction of sp³-hybridized carbons (Fsp3) is 0.154. The Morgan fingerprint density at radius 2 is 2.22 bits per heavy atom. The molecule has 0 bridgehead atoms. The Hall–Kier alpha value is -1.52. The fourth-order valence-corrected chi connectivity index (χ4v) is 2.66. The second-order valence-electron chi connectivity index (χ2n) is 3.75. The standard InChI is InChI=1S/C13H12ClNO2S/c1-2-8-5-6-18-12(8)13(17)15-9-3-4-11(16)10(14)7-9/h3-7,16H,2H2,1H3,(H,15,17). The zero-order chi connectivity index (χ0) is 13.1. The average molecular weight is 282 g/mol. The highest BCUT2D eigenvalue weighted by Gasteiger charge is 2.12. The van der Waals surface area contributed by atoms with E-state index in [2.05, 4.69) is 5.32 Å². The molecule has 1 aromatic carbocycles. The molecule has 2 N–H and O–H groups in total. The van der Waals surface area contributed by atoms with Gasteiger partial charge in [-0.15, -0.1) is 11.3 Å². The van der Waals surface area contributed by atoms with Crippen LogP contribution in [0.25, 0.3) is 0 Å². The Labute approximate surface area is 114 Å². The first-order valence-corrected chi connectivity index (χ1v) is 6.73. The lowest BCUT2D eigenvalue weighted by atomic mass is 10.2. The molecule has 0 atom stereocenters. The van der Waals surface area contributed by atoms with Crippen LogP contribution < -0.4 is 5.32 Å². The number of aromatic hydroxyl groups is 1. The first kappa shape index (κ1) is 12.9. The van der Waals surface area contributed by atoms with Crippen LogP contribution in [0.15, 0.2) is 29.6 Å². The van der Waals surface area contributed by atoms with Crippen LogP contribution >= 0.6 is 22.9 Å². The topological polar surface area (TPSA) is 49.3 Å². The van der Waals surface area contributed by atoms with Gasteiger partial charge in [-0.2, -0.15) is 0 Å². The Bertz CT molecular complexity index is 580. The molecule has 0 aliphatic carbocycles. The second-order valence-corrected chi connectivity index (χ2v) is 5.07. The molecule has 5 heteroatoms. The lowest BCUT2D eigenvalue weighted by Gasteiger charge is -2.06. The van der Waals surface area contributed by atoms with Crippen LogP contribution in [0.1, 0.15) is 22.2 Å². The Kier molecular flexibility index (Phi) is 3.89. The monoisotopic (exact) mass is 281 g/mol. The lowest BCUT2D eigenvalue weighted by Crippen LogP contribution is -2.11. The van der Waals surface area contributed by atoms with Crippen LogP contribution in [-0.2, 0) is 6.42 Å². The third kappa shape index (κ3) is 2.66. The van der Waals surface area contributed by atoms with E-state index in [9.17, 15) is 9.90 Å². The largest absolute Gasteiger partial charge is 0.506 e. The van der Waals surface area contributed by atoms with E-state index in [4.69, 9.17) is 11.6 Å². The van der Waals surface area contributed by atoms with Gasteiger partial charge in [-0.1, -0.05) is 18.5 Å². The molecule has 94 valence electrons. The van der Waals surface area contributed by atoms with Crippen molar-refractivity contribution >= 4 is 34.5 Å². The van der Waals surface area contributed by atoms with Crippen molar-refractivity contribution in [3.63, 3.8) is 0 Å². The summed E-state index contributed by atoms with van der Waals surface area (Å²) in [7, 11) is 0.